The third-order valence-corrected chi connectivity index (χ3v) is 3.80. The fourth-order valence-electron chi connectivity index (χ4n) is 2.83. The summed E-state index contributed by atoms with van der Waals surface area (Å²) in [6.45, 7) is 3.34. The lowest BCUT2D eigenvalue weighted by Gasteiger charge is -2.26. The molecular weight excluding hydrogens is 200 g/mol. The highest BCUT2D eigenvalue weighted by atomic mass is 15.2. The van der Waals surface area contributed by atoms with Crippen molar-refractivity contribution in [1.82, 2.24) is 20.4 Å². The van der Waals surface area contributed by atoms with Crippen LogP contribution in [0.3, 0.4) is 0 Å². The maximum absolute atomic E-state index is 4.54. The quantitative estimate of drug-likeness (QED) is 0.747. The van der Waals surface area contributed by atoms with Crippen LogP contribution in [-0.2, 0) is 13.0 Å². The second kappa shape index (κ2) is 4.18. The molecule has 0 aromatic carbocycles. The Morgan fingerprint density at radius 1 is 1.38 bits per heavy atom. The zero-order valence-corrected chi connectivity index (χ0v) is 9.92. The van der Waals surface area contributed by atoms with Gasteiger partial charge < -0.3 is 10.2 Å². The smallest absolute Gasteiger partial charge is 0.0839 e. The molecular formula is C12H20N4. The Morgan fingerprint density at radius 2 is 2.31 bits per heavy atom. The van der Waals surface area contributed by atoms with Gasteiger partial charge in [0.05, 0.1) is 11.7 Å². The van der Waals surface area contributed by atoms with E-state index < -0.39 is 0 Å². The molecule has 1 unspecified atom stereocenters. The molecule has 1 atom stereocenters. The molecule has 2 N–H and O–H groups in total. The molecule has 1 saturated heterocycles. The molecule has 1 fully saturated rings. The Labute approximate surface area is 96.4 Å². The van der Waals surface area contributed by atoms with Gasteiger partial charge in [-0.1, -0.05) is 6.42 Å². The van der Waals surface area contributed by atoms with Crippen LogP contribution in [0.15, 0.2) is 0 Å². The van der Waals surface area contributed by atoms with E-state index in [2.05, 4.69) is 27.5 Å². The minimum atomic E-state index is 0.486. The monoisotopic (exact) mass is 220 g/mol. The fraction of sp³-hybridized carbons (Fsp3) is 0.750. The standard InChI is InChI=1S/C12H20N4/c1-16-7-5-10-9(8-16)12(15-14-10)11-4-2-3-6-13-11/h11,13H,2-8H2,1H3,(H,14,15). The first-order valence-electron chi connectivity index (χ1n) is 6.32. The molecule has 0 radical (unpaired) electrons. The van der Waals surface area contributed by atoms with E-state index in [0.29, 0.717) is 6.04 Å². The molecule has 0 spiro atoms. The van der Waals surface area contributed by atoms with Gasteiger partial charge in [0.1, 0.15) is 0 Å². The van der Waals surface area contributed by atoms with Crippen LogP contribution in [0.2, 0.25) is 0 Å². The molecule has 4 heteroatoms. The molecule has 2 aliphatic heterocycles. The Kier molecular flexibility index (Phi) is 2.69. The lowest BCUT2D eigenvalue weighted by atomic mass is 9.96. The van der Waals surface area contributed by atoms with Crippen molar-refractivity contribution >= 4 is 0 Å². The summed E-state index contributed by atoms with van der Waals surface area (Å²) in [7, 11) is 2.19. The maximum atomic E-state index is 4.54. The number of hydrogen-bond donors (Lipinski definition) is 2. The van der Waals surface area contributed by atoms with E-state index in [0.717, 1.165) is 26.1 Å². The average Bonchev–Trinajstić information content (AvgIpc) is 2.73. The van der Waals surface area contributed by atoms with Crippen LogP contribution in [0.1, 0.15) is 42.3 Å². The first-order valence-corrected chi connectivity index (χ1v) is 6.32. The number of likely N-dealkylation sites (N-methyl/N-ethyl adjacent to an activating group) is 1. The predicted molar refractivity (Wildman–Crippen MR) is 63.2 cm³/mol. The first-order chi connectivity index (χ1) is 7.84. The first kappa shape index (κ1) is 10.3. The summed E-state index contributed by atoms with van der Waals surface area (Å²) in [6, 6.07) is 0.486. The van der Waals surface area contributed by atoms with Crippen molar-refractivity contribution in [1.29, 1.82) is 0 Å². The van der Waals surface area contributed by atoms with Crippen molar-refractivity contribution in [3.05, 3.63) is 17.0 Å². The minimum Gasteiger partial charge on any atom is -0.309 e. The Hall–Kier alpha value is -0.870. The summed E-state index contributed by atoms with van der Waals surface area (Å²) in [5.41, 5.74) is 4.09. The SMILES string of the molecule is CN1CCc2[nH]nc(C3CCCCN3)c2C1. The topological polar surface area (TPSA) is 44.0 Å². The molecule has 3 rings (SSSR count). The van der Waals surface area contributed by atoms with Crippen LogP contribution in [-0.4, -0.2) is 35.2 Å². The molecule has 88 valence electrons. The summed E-state index contributed by atoms with van der Waals surface area (Å²) >= 11 is 0. The van der Waals surface area contributed by atoms with Crippen LogP contribution in [0.25, 0.3) is 0 Å². The highest BCUT2D eigenvalue weighted by Gasteiger charge is 2.25. The number of hydrogen-bond acceptors (Lipinski definition) is 3. The van der Waals surface area contributed by atoms with Crippen LogP contribution in [0, 0.1) is 0 Å². The van der Waals surface area contributed by atoms with Crippen molar-refractivity contribution < 1.29 is 0 Å². The number of H-pyrrole nitrogens is 1. The summed E-state index contributed by atoms with van der Waals surface area (Å²) in [6.07, 6.45) is 4.99. The van der Waals surface area contributed by atoms with Gasteiger partial charge >= 0.3 is 0 Å². The van der Waals surface area contributed by atoms with Crippen LogP contribution in [0.4, 0.5) is 0 Å². The Balaban J connectivity index is 1.86. The average molecular weight is 220 g/mol. The number of aromatic nitrogens is 2. The zero-order valence-electron chi connectivity index (χ0n) is 9.92. The van der Waals surface area contributed by atoms with Gasteiger partial charge in [-0.05, 0) is 26.4 Å². The third kappa shape index (κ3) is 1.76. The van der Waals surface area contributed by atoms with E-state index in [4.69, 9.17) is 0 Å². The molecule has 2 aliphatic rings. The number of aromatic amines is 1. The third-order valence-electron chi connectivity index (χ3n) is 3.80. The van der Waals surface area contributed by atoms with Gasteiger partial charge in [-0.25, -0.2) is 0 Å². The van der Waals surface area contributed by atoms with Gasteiger partial charge in [0.25, 0.3) is 0 Å². The van der Waals surface area contributed by atoms with Gasteiger partial charge in [0, 0.05) is 30.8 Å². The molecule has 1 aromatic heterocycles. The summed E-state index contributed by atoms with van der Waals surface area (Å²) < 4.78 is 0. The Morgan fingerprint density at radius 3 is 3.12 bits per heavy atom. The summed E-state index contributed by atoms with van der Waals surface area (Å²) in [4.78, 5) is 2.38. The normalized spacial score (nSPS) is 26.7. The molecule has 0 saturated carbocycles. The lowest BCUT2D eigenvalue weighted by Crippen LogP contribution is -2.30. The lowest BCUT2D eigenvalue weighted by molar-refractivity contribution is 0.307. The summed E-state index contributed by atoms with van der Waals surface area (Å²) in [5, 5.41) is 11.4. The van der Waals surface area contributed by atoms with Crippen LogP contribution < -0.4 is 5.32 Å². The highest BCUT2D eigenvalue weighted by Crippen LogP contribution is 2.28. The zero-order chi connectivity index (χ0) is 11.0. The van der Waals surface area contributed by atoms with E-state index in [9.17, 15) is 0 Å². The van der Waals surface area contributed by atoms with E-state index in [1.807, 2.05) is 0 Å². The van der Waals surface area contributed by atoms with Gasteiger partial charge in [0.2, 0.25) is 0 Å². The Bertz CT molecular complexity index is 365. The largest absolute Gasteiger partial charge is 0.309 e. The second-order valence-corrected chi connectivity index (χ2v) is 5.06. The van der Waals surface area contributed by atoms with Crippen molar-refractivity contribution in [3.63, 3.8) is 0 Å². The molecule has 0 aliphatic carbocycles. The minimum absolute atomic E-state index is 0.486. The molecule has 4 nitrogen and oxygen atoms in total. The van der Waals surface area contributed by atoms with Crippen molar-refractivity contribution in [2.45, 2.75) is 38.3 Å². The molecule has 0 amide bonds. The van der Waals surface area contributed by atoms with E-state index in [1.165, 1.54) is 36.2 Å². The molecule has 16 heavy (non-hydrogen) atoms. The van der Waals surface area contributed by atoms with Crippen molar-refractivity contribution in [2.75, 3.05) is 20.1 Å². The fourth-order valence-corrected chi connectivity index (χ4v) is 2.83. The predicted octanol–water partition coefficient (Wildman–Crippen LogP) is 1.21. The second-order valence-electron chi connectivity index (χ2n) is 5.06. The number of fused-ring (bicyclic) bond motifs is 1. The van der Waals surface area contributed by atoms with Gasteiger partial charge in [-0.3, -0.25) is 5.10 Å². The maximum Gasteiger partial charge on any atom is 0.0839 e. The van der Waals surface area contributed by atoms with Crippen molar-refractivity contribution in [3.8, 4) is 0 Å². The molecule has 1 aromatic rings. The van der Waals surface area contributed by atoms with Gasteiger partial charge in [0.15, 0.2) is 0 Å². The van der Waals surface area contributed by atoms with Crippen LogP contribution >= 0.6 is 0 Å². The number of rotatable bonds is 1. The van der Waals surface area contributed by atoms with E-state index in [-0.39, 0.29) is 0 Å². The number of nitrogens with one attached hydrogen (secondary N) is 2. The van der Waals surface area contributed by atoms with Crippen molar-refractivity contribution in [2.24, 2.45) is 0 Å². The van der Waals surface area contributed by atoms with Gasteiger partial charge in [-0.15, -0.1) is 0 Å². The van der Waals surface area contributed by atoms with E-state index in [1.54, 1.807) is 0 Å². The molecule has 3 heterocycles. The van der Waals surface area contributed by atoms with E-state index >= 15 is 0 Å². The van der Waals surface area contributed by atoms with Gasteiger partial charge in [-0.2, -0.15) is 5.10 Å². The number of nitrogens with zero attached hydrogens (tertiary/aromatic N) is 2. The summed E-state index contributed by atoms with van der Waals surface area (Å²) in [5.74, 6) is 0. The van der Waals surface area contributed by atoms with Crippen LogP contribution in [0.5, 0.6) is 0 Å². The molecule has 0 bridgehead atoms. The highest BCUT2D eigenvalue weighted by molar-refractivity contribution is 5.30. The number of piperidine rings is 1.